The summed E-state index contributed by atoms with van der Waals surface area (Å²) in [5.41, 5.74) is 5.98. The molecule has 0 aliphatic heterocycles. The predicted octanol–water partition coefficient (Wildman–Crippen LogP) is 2.02. The lowest BCUT2D eigenvalue weighted by atomic mass is 9.65. The summed E-state index contributed by atoms with van der Waals surface area (Å²) in [5.74, 6) is -0.247. The molecule has 0 amide bonds. The number of carbonyl (C=O) groups is 1. The molecule has 1 spiro atoms. The predicted molar refractivity (Wildman–Crippen MR) is 60.9 cm³/mol. The van der Waals surface area contributed by atoms with E-state index >= 15 is 0 Å². The Kier molecular flexibility index (Phi) is 4.01. The molecule has 1 unspecified atom stereocenters. The number of hydrogen-bond donors (Lipinski definition) is 1. The minimum absolute atomic E-state index is 0. The SMILES string of the molecule is CC(N)C(=O)OC1CC2(CCCC2)C1.Cl. The van der Waals surface area contributed by atoms with E-state index in [1.807, 2.05) is 0 Å². The molecule has 2 fully saturated rings. The van der Waals surface area contributed by atoms with Gasteiger partial charge in [0.15, 0.2) is 0 Å². The highest BCUT2D eigenvalue weighted by Gasteiger charge is 2.47. The van der Waals surface area contributed by atoms with Gasteiger partial charge >= 0.3 is 5.97 Å². The lowest BCUT2D eigenvalue weighted by Gasteiger charge is -2.44. The summed E-state index contributed by atoms with van der Waals surface area (Å²) in [6.45, 7) is 1.67. The number of halogens is 1. The third-order valence-electron chi connectivity index (χ3n) is 3.64. The Morgan fingerprint density at radius 2 is 1.93 bits per heavy atom. The van der Waals surface area contributed by atoms with Gasteiger partial charge in [-0.2, -0.15) is 0 Å². The Labute approximate surface area is 97.1 Å². The van der Waals surface area contributed by atoms with Crippen LogP contribution in [-0.2, 0) is 9.53 Å². The monoisotopic (exact) mass is 233 g/mol. The maximum atomic E-state index is 11.2. The molecule has 15 heavy (non-hydrogen) atoms. The average molecular weight is 234 g/mol. The van der Waals surface area contributed by atoms with Crippen LogP contribution in [0.2, 0.25) is 0 Å². The van der Waals surface area contributed by atoms with Gasteiger partial charge in [0.1, 0.15) is 12.1 Å². The molecule has 3 nitrogen and oxygen atoms in total. The first-order valence-electron chi connectivity index (χ1n) is 5.57. The molecule has 0 bridgehead atoms. The Hall–Kier alpha value is -0.280. The van der Waals surface area contributed by atoms with E-state index in [0.29, 0.717) is 5.41 Å². The van der Waals surface area contributed by atoms with Gasteiger partial charge in [0, 0.05) is 0 Å². The zero-order valence-electron chi connectivity index (χ0n) is 9.20. The standard InChI is InChI=1S/C11H19NO2.ClH/c1-8(12)10(13)14-9-6-11(7-9)4-2-3-5-11;/h8-9H,2-7,12H2,1H3;1H. The molecule has 2 N–H and O–H groups in total. The minimum Gasteiger partial charge on any atom is -0.461 e. The van der Waals surface area contributed by atoms with Crippen LogP contribution in [0, 0.1) is 5.41 Å². The third kappa shape index (κ3) is 2.64. The van der Waals surface area contributed by atoms with Crippen molar-refractivity contribution < 1.29 is 9.53 Å². The number of nitrogens with two attached hydrogens (primary N) is 1. The number of hydrogen-bond acceptors (Lipinski definition) is 3. The van der Waals surface area contributed by atoms with E-state index in [0.717, 1.165) is 12.8 Å². The molecule has 4 heteroatoms. The van der Waals surface area contributed by atoms with Crippen molar-refractivity contribution in [3.8, 4) is 0 Å². The zero-order valence-corrected chi connectivity index (χ0v) is 10.0. The van der Waals surface area contributed by atoms with Crippen LogP contribution in [0.4, 0.5) is 0 Å². The summed E-state index contributed by atoms with van der Waals surface area (Å²) in [6, 6.07) is -0.477. The number of carbonyl (C=O) groups excluding carboxylic acids is 1. The van der Waals surface area contributed by atoms with Crippen LogP contribution in [-0.4, -0.2) is 18.1 Å². The van der Waals surface area contributed by atoms with Crippen molar-refractivity contribution in [3.05, 3.63) is 0 Å². The van der Waals surface area contributed by atoms with Crippen molar-refractivity contribution in [2.24, 2.45) is 11.1 Å². The Morgan fingerprint density at radius 1 is 1.40 bits per heavy atom. The molecule has 2 saturated carbocycles. The van der Waals surface area contributed by atoms with Crippen molar-refractivity contribution in [1.82, 2.24) is 0 Å². The number of rotatable bonds is 2. The van der Waals surface area contributed by atoms with E-state index in [4.69, 9.17) is 10.5 Å². The smallest absolute Gasteiger partial charge is 0.322 e. The Bertz CT molecular complexity index is 229. The van der Waals surface area contributed by atoms with Crippen LogP contribution in [0.3, 0.4) is 0 Å². The molecule has 0 radical (unpaired) electrons. The molecule has 0 aromatic heterocycles. The second kappa shape index (κ2) is 4.71. The maximum absolute atomic E-state index is 11.2. The highest BCUT2D eigenvalue weighted by molar-refractivity contribution is 5.85. The van der Waals surface area contributed by atoms with E-state index < -0.39 is 6.04 Å². The fourth-order valence-electron chi connectivity index (χ4n) is 2.79. The zero-order chi connectivity index (χ0) is 10.2. The van der Waals surface area contributed by atoms with Crippen LogP contribution < -0.4 is 5.73 Å². The molecule has 0 aromatic rings. The van der Waals surface area contributed by atoms with Crippen LogP contribution in [0.1, 0.15) is 45.4 Å². The molecule has 0 saturated heterocycles. The number of esters is 1. The molecule has 0 heterocycles. The van der Waals surface area contributed by atoms with Crippen LogP contribution in [0.15, 0.2) is 0 Å². The van der Waals surface area contributed by atoms with Crippen molar-refractivity contribution in [2.75, 3.05) is 0 Å². The van der Waals surface area contributed by atoms with Crippen molar-refractivity contribution in [1.29, 1.82) is 0 Å². The maximum Gasteiger partial charge on any atom is 0.322 e. The second-order valence-corrected chi connectivity index (χ2v) is 4.96. The minimum atomic E-state index is -0.477. The summed E-state index contributed by atoms with van der Waals surface area (Å²) in [6.07, 6.45) is 7.68. The molecule has 0 aromatic carbocycles. The molecule has 2 rings (SSSR count). The summed E-state index contributed by atoms with van der Waals surface area (Å²) >= 11 is 0. The van der Waals surface area contributed by atoms with Crippen molar-refractivity contribution in [3.63, 3.8) is 0 Å². The van der Waals surface area contributed by atoms with Crippen LogP contribution in [0.5, 0.6) is 0 Å². The van der Waals surface area contributed by atoms with E-state index in [2.05, 4.69) is 0 Å². The van der Waals surface area contributed by atoms with Gasteiger partial charge in [-0.15, -0.1) is 12.4 Å². The average Bonchev–Trinajstić information content (AvgIpc) is 2.51. The molecular weight excluding hydrogens is 214 g/mol. The topological polar surface area (TPSA) is 52.3 Å². The van der Waals surface area contributed by atoms with Gasteiger partial charge in [-0.25, -0.2) is 0 Å². The van der Waals surface area contributed by atoms with Crippen LogP contribution >= 0.6 is 12.4 Å². The summed E-state index contributed by atoms with van der Waals surface area (Å²) in [4.78, 5) is 11.2. The highest BCUT2D eigenvalue weighted by atomic mass is 35.5. The van der Waals surface area contributed by atoms with Gasteiger partial charge in [-0.1, -0.05) is 12.8 Å². The first-order valence-corrected chi connectivity index (χ1v) is 5.57. The first-order chi connectivity index (χ1) is 6.61. The highest BCUT2D eigenvalue weighted by Crippen LogP contribution is 2.54. The summed E-state index contributed by atoms with van der Waals surface area (Å²) in [5, 5.41) is 0. The lowest BCUT2D eigenvalue weighted by molar-refractivity contribution is -0.162. The molecular formula is C11H20ClNO2. The van der Waals surface area contributed by atoms with Gasteiger partial charge < -0.3 is 10.5 Å². The number of ether oxygens (including phenoxy) is 1. The van der Waals surface area contributed by atoms with Gasteiger partial charge in [0.2, 0.25) is 0 Å². The van der Waals surface area contributed by atoms with E-state index in [1.165, 1.54) is 25.7 Å². The molecule has 88 valence electrons. The van der Waals surface area contributed by atoms with Crippen molar-refractivity contribution in [2.45, 2.75) is 57.6 Å². The van der Waals surface area contributed by atoms with Gasteiger partial charge in [-0.3, -0.25) is 4.79 Å². The normalized spacial score (nSPS) is 25.5. The van der Waals surface area contributed by atoms with E-state index in [-0.39, 0.29) is 24.5 Å². The molecule has 2 aliphatic rings. The van der Waals surface area contributed by atoms with Gasteiger partial charge in [-0.05, 0) is 38.0 Å². The first kappa shape index (κ1) is 12.8. The van der Waals surface area contributed by atoms with Gasteiger partial charge in [0.05, 0.1) is 0 Å². The van der Waals surface area contributed by atoms with Gasteiger partial charge in [0.25, 0.3) is 0 Å². The Morgan fingerprint density at radius 3 is 2.40 bits per heavy atom. The largest absolute Gasteiger partial charge is 0.461 e. The van der Waals surface area contributed by atoms with E-state index in [9.17, 15) is 4.79 Å². The molecule has 2 aliphatic carbocycles. The fraction of sp³-hybridized carbons (Fsp3) is 0.909. The second-order valence-electron chi connectivity index (χ2n) is 4.96. The summed E-state index contributed by atoms with van der Waals surface area (Å²) in [7, 11) is 0. The van der Waals surface area contributed by atoms with Crippen molar-refractivity contribution >= 4 is 18.4 Å². The lowest BCUT2D eigenvalue weighted by Crippen LogP contribution is -2.44. The molecule has 1 atom stereocenters. The third-order valence-corrected chi connectivity index (χ3v) is 3.64. The quantitative estimate of drug-likeness (QED) is 0.743. The summed E-state index contributed by atoms with van der Waals surface area (Å²) < 4.78 is 5.27. The van der Waals surface area contributed by atoms with E-state index in [1.54, 1.807) is 6.92 Å². The Balaban J connectivity index is 0.00000112. The fourth-order valence-corrected chi connectivity index (χ4v) is 2.79. The van der Waals surface area contributed by atoms with Crippen LogP contribution in [0.25, 0.3) is 0 Å².